The molecular weight excluding hydrogens is 531 g/mol. The molecule has 1 aliphatic rings. The average Bonchev–Trinajstić information content (AvgIpc) is 2.94. The van der Waals surface area contributed by atoms with Gasteiger partial charge in [-0.25, -0.2) is 4.99 Å². The molecule has 2 aromatic carbocycles. The van der Waals surface area contributed by atoms with Crippen molar-refractivity contribution in [3.05, 3.63) is 54.9 Å². The lowest BCUT2D eigenvalue weighted by molar-refractivity contribution is -0.115. The Bertz CT molecular complexity index is 890. The van der Waals surface area contributed by atoms with Crippen LogP contribution in [0, 0.1) is 3.57 Å². The van der Waals surface area contributed by atoms with Gasteiger partial charge in [-0.1, -0.05) is 0 Å². The van der Waals surface area contributed by atoms with E-state index in [1.807, 2.05) is 59.8 Å². The number of phenolic OH excluding ortho intramolecular Hbond substituents is 1. The van der Waals surface area contributed by atoms with E-state index in [1.54, 1.807) is 12.1 Å². The molecule has 0 atom stereocenters. The van der Waals surface area contributed by atoms with Crippen LogP contribution in [0.5, 0.6) is 11.5 Å². The number of amidine groups is 1. The van der Waals surface area contributed by atoms with Gasteiger partial charge in [-0.2, -0.15) is 0 Å². The molecule has 8 heteroatoms. The Kier molecular flexibility index (Phi) is 6.25. The number of aliphatic imine (C=N–C) groups is 1. The maximum atomic E-state index is 12.2. The molecule has 1 heterocycles. The van der Waals surface area contributed by atoms with Gasteiger partial charge in [0.25, 0.3) is 5.91 Å². The number of benzene rings is 2. The van der Waals surface area contributed by atoms with Crippen LogP contribution >= 0.6 is 50.3 Å². The second kappa shape index (κ2) is 8.45. The molecule has 26 heavy (non-hydrogen) atoms. The van der Waals surface area contributed by atoms with Crippen molar-refractivity contribution in [2.75, 3.05) is 6.61 Å². The SMILES string of the molecule is CCOc1ccc(N=C2NC(=O)C(=Cc3cc(Br)c(O)c(I)c3)S2)cc1. The number of carbonyl (C=O) groups is 1. The predicted molar refractivity (Wildman–Crippen MR) is 117 cm³/mol. The Hall–Kier alpha value is -1.52. The fraction of sp³-hybridized carbons (Fsp3) is 0.111. The van der Waals surface area contributed by atoms with Gasteiger partial charge < -0.3 is 15.2 Å². The maximum absolute atomic E-state index is 12.2. The summed E-state index contributed by atoms with van der Waals surface area (Å²) in [6.07, 6.45) is 1.77. The Balaban J connectivity index is 1.80. The van der Waals surface area contributed by atoms with Gasteiger partial charge >= 0.3 is 0 Å². The van der Waals surface area contributed by atoms with Gasteiger partial charge in [-0.15, -0.1) is 0 Å². The molecule has 1 aliphatic heterocycles. The lowest BCUT2D eigenvalue weighted by Crippen LogP contribution is -2.19. The highest BCUT2D eigenvalue weighted by atomic mass is 127. The van der Waals surface area contributed by atoms with Crippen LogP contribution in [0.2, 0.25) is 0 Å². The molecule has 0 saturated carbocycles. The maximum Gasteiger partial charge on any atom is 0.264 e. The molecule has 5 nitrogen and oxygen atoms in total. The molecule has 0 aromatic heterocycles. The van der Waals surface area contributed by atoms with E-state index in [0.717, 1.165) is 17.0 Å². The molecule has 134 valence electrons. The highest BCUT2D eigenvalue weighted by Gasteiger charge is 2.24. The van der Waals surface area contributed by atoms with Crippen LogP contribution in [-0.2, 0) is 4.79 Å². The number of nitrogens with one attached hydrogen (secondary N) is 1. The molecule has 1 amide bonds. The van der Waals surface area contributed by atoms with E-state index in [2.05, 4.69) is 26.2 Å². The number of amides is 1. The fourth-order valence-electron chi connectivity index (χ4n) is 2.20. The Morgan fingerprint density at radius 2 is 2.08 bits per heavy atom. The van der Waals surface area contributed by atoms with E-state index >= 15 is 0 Å². The van der Waals surface area contributed by atoms with Gasteiger partial charge in [0.2, 0.25) is 0 Å². The zero-order valence-electron chi connectivity index (χ0n) is 13.6. The highest BCUT2D eigenvalue weighted by Crippen LogP contribution is 2.33. The minimum absolute atomic E-state index is 0.189. The second-order valence-electron chi connectivity index (χ2n) is 5.24. The van der Waals surface area contributed by atoms with Gasteiger partial charge in [0.15, 0.2) is 5.17 Å². The van der Waals surface area contributed by atoms with Crippen LogP contribution < -0.4 is 10.1 Å². The smallest absolute Gasteiger partial charge is 0.264 e. The summed E-state index contributed by atoms with van der Waals surface area (Å²) in [6.45, 7) is 2.54. The lowest BCUT2D eigenvalue weighted by Gasteiger charge is -2.03. The third-order valence-corrected chi connectivity index (χ3v) is 5.70. The average molecular weight is 545 g/mol. The van der Waals surface area contributed by atoms with Crippen molar-refractivity contribution in [1.29, 1.82) is 0 Å². The topological polar surface area (TPSA) is 70.9 Å². The van der Waals surface area contributed by atoms with Gasteiger partial charge in [0.05, 0.1) is 25.2 Å². The summed E-state index contributed by atoms with van der Waals surface area (Å²) in [6, 6.07) is 10.9. The van der Waals surface area contributed by atoms with Crippen LogP contribution in [0.15, 0.2) is 50.8 Å². The number of phenols is 1. The Labute approximate surface area is 177 Å². The fourth-order valence-corrected chi connectivity index (χ4v) is 4.54. The minimum atomic E-state index is -0.195. The van der Waals surface area contributed by atoms with Crippen molar-refractivity contribution in [2.24, 2.45) is 4.99 Å². The quantitative estimate of drug-likeness (QED) is 0.417. The van der Waals surface area contributed by atoms with E-state index in [-0.39, 0.29) is 11.7 Å². The van der Waals surface area contributed by atoms with Crippen LogP contribution in [0.25, 0.3) is 6.08 Å². The molecule has 3 rings (SSSR count). The minimum Gasteiger partial charge on any atom is -0.506 e. The van der Waals surface area contributed by atoms with Crippen molar-refractivity contribution >= 4 is 73.1 Å². The standard InChI is InChI=1S/C18H14BrIN2O3S/c1-2-25-12-5-3-11(4-6-12)21-18-22-17(24)15(26-18)9-10-7-13(19)16(23)14(20)8-10/h3-9,23H,2H2,1H3,(H,21,22,24). The summed E-state index contributed by atoms with van der Waals surface area (Å²) >= 11 is 6.63. The second-order valence-corrected chi connectivity index (χ2v) is 8.29. The molecular formula is C18H14BrIN2O3S. The predicted octanol–water partition coefficient (Wildman–Crippen LogP) is 5.05. The molecule has 0 aliphatic carbocycles. The van der Waals surface area contributed by atoms with Crippen LogP contribution in [0.1, 0.15) is 12.5 Å². The number of hydrogen-bond donors (Lipinski definition) is 2. The van der Waals surface area contributed by atoms with E-state index in [1.165, 1.54) is 11.8 Å². The number of carbonyl (C=O) groups excluding carboxylic acids is 1. The van der Waals surface area contributed by atoms with E-state index in [4.69, 9.17) is 4.74 Å². The highest BCUT2D eigenvalue weighted by molar-refractivity contribution is 14.1. The summed E-state index contributed by atoms with van der Waals surface area (Å²) in [7, 11) is 0. The number of halogens is 2. The number of rotatable bonds is 4. The largest absolute Gasteiger partial charge is 0.506 e. The first-order chi connectivity index (χ1) is 12.5. The monoisotopic (exact) mass is 544 g/mol. The molecule has 2 N–H and O–H groups in total. The summed E-state index contributed by atoms with van der Waals surface area (Å²) in [5.74, 6) is 0.778. The van der Waals surface area contributed by atoms with Crippen LogP contribution in [0.4, 0.5) is 5.69 Å². The zero-order chi connectivity index (χ0) is 18.7. The number of thioether (sulfide) groups is 1. The molecule has 1 fully saturated rings. The van der Waals surface area contributed by atoms with Gasteiger partial charge in [-0.3, -0.25) is 4.79 Å². The number of aromatic hydroxyl groups is 1. The molecule has 1 saturated heterocycles. The van der Waals surface area contributed by atoms with Crippen molar-refractivity contribution in [3.63, 3.8) is 0 Å². The number of ether oxygens (including phenoxy) is 1. The molecule has 0 unspecified atom stereocenters. The first kappa shape index (κ1) is 19.2. The Morgan fingerprint density at radius 1 is 1.35 bits per heavy atom. The first-order valence-corrected chi connectivity index (χ1v) is 10.4. The molecule has 0 radical (unpaired) electrons. The molecule has 2 aromatic rings. The van der Waals surface area contributed by atoms with Gasteiger partial charge in [-0.05, 0) is 105 Å². The number of nitrogens with zero attached hydrogens (tertiary/aromatic N) is 1. The van der Waals surface area contributed by atoms with E-state index in [0.29, 0.717) is 24.7 Å². The summed E-state index contributed by atoms with van der Waals surface area (Å²) < 4.78 is 6.69. The first-order valence-electron chi connectivity index (χ1n) is 7.66. The van der Waals surface area contributed by atoms with Crippen molar-refractivity contribution in [2.45, 2.75) is 6.92 Å². The third-order valence-electron chi connectivity index (χ3n) is 3.37. The summed E-state index contributed by atoms with van der Waals surface area (Å²) in [5.41, 5.74) is 1.55. The van der Waals surface area contributed by atoms with E-state index in [9.17, 15) is 9.90 Å². The summed E-state index contributed by atoms with van der Waals surface area (Å²) in [5, 5.41) is 13.1. The number of hydrogen-bond acceptors (Lipinski definition) is 5. The van der Waals surface area contributed by atoms with E-state index < -0.39 is 0 Å². The molecule has 0 bridgehead atoms. The summed E-state index contributed by atoms with van der Waals surface area (Å²) in [4.78, 5) is 17.2. The third kappa shape index (κ3) is 4.60. The normalized spacial score (nSPS) is 17.0. The van der Waals surface area contributed by atoms with Gasteiger partial charge in [0.1, 0.15) is 11.5 Å². The van der Waals surface area contributed by atoms with Crippen molar-refractivity contribution in [1.82, 2.24) is 5.32 Å². The zero-order valence-corrected chi connectivity index (χ0v) is 18.2. The molecule has 0 spiro atoms. The van der Waals surface area contributed by atoms with Crippen molar-refractivity contribution in [3.8, 4) is 11.5 Å². The Morgan fingerprint density at radius 3 is 2.73 bits per heavy atom. The van der Waals surface area contributed by atoms with Crippen LogP contribution in [-0.4, -0.2) is 22.8 Å². The van der Waals surface area contributed by atoms with Gasteiger partial charge in [0, 0.05) is 0 Å². The van der Waals surface area contributed by atoms with Crippen molar-refractivity contribution < 1.29 is 14.6 Å². The van der Waals surface area contributed by atoms with Crippen LogP contribution in [0.3, 0.4) is 0 Å². The lowest BCUT2D eigenvalue weighted by atomic mass is 10.2.